The summed E-state index contributed by atoms with van der Waals surface area (Å²) in [4.78, 5) is 26.7. The number of hydrogen-bond donors (Lipinski definition) is 2. The lowest BCUT2D eigenvalue weighted by Crippen LogP contribution is -2.37. The van der Waals surface area contributed by atoms with Gasteiger partial charge in [0.1, 0.15) is 0 Å². The highest BCUT2D eigenvalue weighted by atomic mass is 35.5. The predicted molar refractivity (Wildman–Crippen MR) is 115 cm³/mol. The number of rotatable bonds is 5. The topological polar surface area (TPSA) is 75.4 Å². The number of hydrogen-bond acceptors (Lipinski definition) is 4. The van der Waals surface area contributed by atoms with Gasteiger partial charge < -0.3 is 16.0 Å². The molecule has 0 bridgehead atoms. The van der Waals surface area contributed by atoms with Gasteiger partial charge in [-0.3, -0.25) is 9.59 Å². The monoisotopic (exact) mass is 405 g/mol. The van der Waals surface area contributed by atoms with Gasteiger partial charge in [0.25, 0.3) is 5.91 Å². The molecule has 1 heterocycles. The Hall–Kier alpha value is -2.18. The highest BCUT2D eigenvalue weighted by Gasteiger charge is 2.18. The number of aryl methyl sites for hydroxylation is 1. The van der Waals surface area contributed by atoms with Crippen LogP contribution in [0.1, 0.15) is 22.3 Å². The van der Waals surface area contributed by atoms with E-state index in [2.05, 4.69) is 5.32 Å². The van der Waals surface area contributed by atoms with Crippen LogP contribution in [0.3, 0.4) is 0 Å². The fourth-order valence-electron chi connectivity index (χ4n) is 2.91. The fourth-order valence-corrected chi connectivity index (χ4v) is 3.82. The van der Waals surface area contributed by atoms with Crippen molar-refractivity contribution in [3.8, 4) is 0 Å². The molecule has 2 amide bonds. The first kappa shape index (κ1) is 21.1. The Balaban J connectivity index is 0.00000261. The van der Waals surface area contributed by atoms with Gasteiger partial charge in [-0.1, -0.05) is 24.3 Å². The van der Waals surface area contributed by atoms with E-state index in [0.717, 1.165) is 30.2 Å². The van der Waals surface area contributed by atoms with Crippen LogP contribution < -0.4 is 11.1 Å². The third-order valence-electron chi connectivity index (χ3n) is 4.37. The highest BCUT2D eigenvalue weighted by Crippen LogP contribution is 2.17. The number of nitrogens with zero attached hydrogens (tertiary/aromatic N) is 1. The molecule has 0 spiro atoms. The molecule has 7 heteroatoms. The van der Waals surface area contributed by atoms with Crippen molar-refractivity contribution in [1.82, 2.24) is 4.90 Å². The molecule has 1 aliphatic rings. The van der Waals surface area contributed by atoms with Crippen LogP contribution in [-0.2, 0) is 11.2 Å². The zero-order valence-electron chi connectivity index (χ0n) is 15.0. The van der Waals surface area contributed by atoms with E-state index < -0.39 is 0 Å². The minimum Gasteiger partial charge on any atom is -0.399 e. The average molecular weight is 406 g/mol. The van der Waals surface area contributed by atoms with Crippen molar-refractivity contribution in [2.24, 2.45) is 0 Å². The summed E-state index contributed by atoms with van der Waals surface area (Å²) >= 11 is 1.87. The Morgan fingerprint density at radius 2 is 1.81 bits per heavy atom. The number of nitrogens with two attached hydrogens (primary N) is 1. The van der Waals surface area contributed by atoms with Crippen molar-refractivity contribution in [2.75, 3.05) is 35.6 Å². The summed E-state index contributed by atoms with van der Waals surface area (Å²) in [7, 11) is 0. The lowest BCUT2D eigenvalue weighted by Gasteiger charge is -2.26. The second kappa shape index (κ2) is 10.2. The summed E-state index contributed by atoms with van der Waals surface area (Å²) in [5.41, 5.74) is 8.84. The third kappa shape index (κ3) is 5.91. The second-order valence-electron chi connectivity index (χ2n) is 6.23. The standard InChI is InChI=1S/C20H23N3O2S.ClH/c21-18-7-2-1-4-15(18)8-9-19(24)22-17-6-3-5-16(14-17)20(25)23-10-12-26-13-11-23;/h1-7,14H,8-13,21H2,(H,22,24);1H. The lowest BCUT2D eigenvalue weighted by molar-refractivity contribution is -0.116. The second-order valence-corrected chi connectivity index (χ2v) is 7.46. The van der Waals surface area contributed by atoms with Gasteiger partial charge in [0.15, 0.2) is 0 Å². The Kier molecular flexibility index (Phi) is 8.00. The van der Waals surface area contributed by atoms with Crippen LogP contribution in [0, 0.1) is 0 Å². The van der Waals surface area contributed by atoms with Gasteiger partial charge in [0.2, 0.25) is 5.91 Å². The van der Waals surface area contributed by atoms with Gasteiger partial charge in [-0.15, -0.1) is 12.4 Å². The minimum atomic E-state index is -0.0905. The number of halogens is 1. The van der Waals surface area contributed by atoms with Crippen LogP contribution in [0.4, 0.5) is 11.4 Å². The zero-order valence-corrected chi connectivity index (χ0v) is 16.7. The van der Waals surface area contributed by atoms with Crippen LogP contribution in [0.5, 0.6) is 0 Å². The summed E-state index contributed by atoms with van der Waals surface area (Å²) in [6.07, 6.45) is 0.929. The molecule has 27 heavy (non-hydrogen) atoms. The lowest BCUT2D eigenvalue weighted by atomic mass is 10.1. The Morgan fingerprint density at radius 3 is 2.56 bits per heavy atom. The molecule has 1 fully saturated rings. The van der Waals surface area contributed by atoms with Gasteiger partial charge in [0.05, 0.1) is 0 Å². The number of amides is 2. The molecule has 144 valence electrons. The number of anilines is 2. The largest absolute Gasteiger partial charge is 0.399 e. The summed E-state index contributed by atoms with van der Waals surface area (Å²) in [6, 6.07) is 14.7. The first-order valence-corrected chi connectivity index (χ1v) is 9.89. The number of carbonyl (C=O) groups is 2. The molecule has 3 rings (SSSR count). The molecule has 0 aliphatic carbocycles. The number of carbonyl (C=O) groups excluding carboxylic acids is 2. The van der Waals surface area contributed by atoms with Crippen LogP contribution in [0.25, 0.3) is 0 Å². The van der Waals surface area contributed by atoms with E-state index in [-0.39, 0.29) is 24.2 Å². The average Bonchev–Trinajstić information content (AvgIpc) is 2.68. The van der Waals surface area contributed by atoms with Gasteiger partial charge in [0, 0.05) is 48.0 Å². The molecule has 3 N–H and O–H groups in total. The van der Waals surface area contributed by atoms with Crippen molar-refractivity contribution in [2.45, 2.75) is 12.8 Å². The SMILES string of the molecule is Cl.Nc1ccccc1CCC(=O)Nc1cccc(C(=O)N2CCSCC2)c1. The molecule has 2 aromatic rings. The van der Waals surface area contributed by atoms with E-state index in [1.165, 1.54) is 0 Å². The summed E-state index contributed by atoms with van der Waals surface area (Å²) in [5.74, 6) is 1.89. The van der Waals surface area contributed by atoms with E-state index in [1.54, 1.807) is 24.3 Å². The maximum atomic E-state index is 12.6. The van der Waals surface area contributed by atoms with E-state index >= 15 is 0 Å². The number of nitrogens with one attached hydrogen (secondary N) is 1. The van der Waals surface area contributed by atoms with Crippen LogP contribution in [0.15, 0.2) is 48.5 Å². The van der Waals surface area contributed by atoms with Crippen LogP contribution in [0.2, 0.25) is 0 Å². The minimum absolute atomic E-state index is 0. The highest BCUT2D eigenvalue weighted by molar-refractivity contribution is 7.99. The first-order valence-electron chi connectivity index (χ1n) is 8.74. The van der Waals surface area contributed by atoms with Crippen LogP contribution in [-0.4, -0.2) is 41.3 Å². The molecule has 0 saturated carbocycles. The quantitative estimate of drug-likeness (QED) is 0.747. The maximum absolute atomic E-state index is 12.6. The van der Waals surface area contributed by atoms with Gasteiger partial charge >= 0.3 is 0 Å². The molecule has 2 aromatic carbocycles. The molecule has 0 atom stereocenters. The van der Waals surface area contributed by atoms with Crippen molar-refractivity contribution in [3.05, 3.63) is 59.7 Å². The fraction of sp³-hybridized carbons (Fsp3) is 0.300. The molecule has 1 aliphatic heterocycles. The Labute approximate surface area is 170 Å². The molecular formula is C20H24ClN3O2S. The molecule has 1 saturated heterocycles. The molecule has 0 unspecified atom stereocenters. The smallest absolute Gasteiger partial charge is 0.253 e. The predicted octanol–water partition coefficient (Wildman–Crippen LogP) is 3.45. The van der Waals surface area contributed by atoms with Crippen molar-refractivity contribution in [1.29, 1.82) is 0 Å². The van der Waals surface area contributed by atoms with Gasteiger partial charge in [-0.25, -0.2) is 0 Å². The number of para-hydroxylation sites is 1. The molecule has 0 radical (unpaired) electrons. The van der Waals surface area contributed by atoms with Crippen molar-refractivity contribution < 1.29 is 9.59 Å². The van der Waals surface area contributed by atoms with E-state index in [4.69, 9.17) is 5.73 Å². The van der Waals surface area contributed by atoms with Crippen molar-refractivity contribution in [3.63, 3.8) is 0 Å². The van der Waals surface area contributed by atoms with Crippen LogP contribution >= 0.6 is 24.2 Å². The number of nitrogen functional groups attached to an aromatic ring is 1. The molecule has 5 nitrogen and oxygen atoms in total. The van der Waals surface area contributed by atoms with Gasteiger partial charge in [-0.2, -0.15) is 11.8 Å². The van der Waals surface area contributed by atoms with Gasteiger partial charge in [-0.05, 0) is 36.2 Å². The van der Waals surface area contributed by atoms with Crippen molar-refractivity contribution >= 4 is 47.4 Å². The number of benzene rings is 2. The first-order chi connectivity index (χ1) is 12.6. The normalized spacial score (nSPS) is 13.6. The van der Waals surface area contributed by atoms with E-state index in [1.807, 2.05) is 40.9 Å². The Morgan fingerprint density at radius 1 is 1.07 bits per heavy atom. The summed E-state index contributed by atoms with van der Waals surface area (Å²) in [5, 5.41) is 2.88. The summed E-state index contributed by atoms with van der Waals surface area (Å²) < 4.78 is 0. The zero-order chi connectivity index (χ0) is 18.4. The van der Waals surface area contributed by atoms with E-state index in [9.17, 15) is 9.59 Å². The van der Waals surface area contributed by atoms with E-state index in [0.29, 0.717) is 29.8 Å². The number of thioether (sulfide) groups is 1. The molecule has 0 aromatic heterocycles. The Bertz CT molecular complexity index is 794. The summed E-state index contributed by atoms with van der Waals surface area (Å²) in [6.45, 7) is 1.55. The molecular weight excluding hydrogens is 382 g/mol. The third-order valence-corrected chi connectivity index (χ3v) is 5.31. The maximum Gasteiger partial charge on any atom is 0.253 e.